The van der Waals surface area contributed by atoms with Gasteiger partial charge in [0.05, 0.1) is 24.2 Å². The summed E-state index contributed by atoms with van der Waals surface area (Å²) in [7, 11) is 5.65. The van der Waals surface area contributed by atoms with Crippen LogP contribution in [0.4, 0.5) is 0 Å². The zero-order valence-corrected chi connectivity index (χ0v) is 16.2. The van der Waals surface area contributed by atoms with E-state index in [2.05, 4.69) is 15.2 Å². The second-order valence-electron chi connectivity index (χ2n) is 6.76. The van der Waals surface area contributed by atoms with Crippen LogP contribution >= 0.6 is 0 Å². The molecule has 3 aromatic rings. The predicted molar refractivity (Wildman–Crippen MR) is 108 cm³/mol. The van der Waals surface area contributed by atoms with Crippen molar-refractivity contribution in [3.63, 3.8) is 0 Å². The number of pyridine rings is 1. The Labute approximate surface area is 160 Å². The summed E-state index contributed by atoms with van der Waals surface area (Å²) in [6, 6.07) is 17.4. The number of aryl methyl sites for hydroxylation is 1. The number of ether oxygens (including phenoxy) is 1. The number of nitrogens with zero attached hydrogens (tertiary/aromatic N) is 2. The van der Waals surface area contributed by atoms with Crippen molar-refractivity contribution in [2.45, 2.75) is 13.0 Å². The summed E-state index contributed by atoms with van der Waals surface area (Å²) in [5.74, 6) is 0.717. The fourth-order valence-electron chi connectivity index (χ4n) is 3.29. The highest BCUT2D eigenvalue weighted by Crippen LogP contribution is 2.27. The van der Waals surface area contributed by atoms with Gasteiger partial charge in [0.2, 0.25) is 0 Å². The predicted octanol–water partition coefficient (Wildman–Crippen LogP) is 3.58. The van der Waals surface area contributed by atoms with Crippen LogP contribution < -0.4 is 10.1 Å². The van der Waals surface area contributed by atoms with Crippen LogP contribution in [0, 0.1) is 6.92 Å². The molecule has 1 amide bonds. The first-order valence-corrected chi connectivity index (χ1v) is 8.95. The van der Waals surface area contributed by atoms with Crippen molar-refractivity contribution in [3.8, 4) is 5.75 Å². The molecule has 1 N–H and O–H groups in total. The van der Waals surface area contributed by atoms with E-state index in [1.807, 2.05) is 75.6 Å². The van der Waals surface area contributed by atoms with Crippen molar-refractivity contribution in [2.24, 2.45) is 0 Å². The van der Waals surface area contributed by atoms with E-state index >= 15 is 0 Å². The van der Waals surface area contributed by atoms with Crippen molar-refractivity contribution in [1.82, 2.24) is 15.2 Å². The maximum absolute atomic E-state index is 12.9. The van der Waals surface area contributed by atoms with Crippen molar-refractivity contribution in [1.29, 1.82) is 0 Å². The topological polar surface area (TPSA) is 54.5 Å². The average molecular weight is 363 g/mol. The first-order chi connectivity index (χ1) is 13.0. The third-order valence-corrected chi connectivity index (χ3v) is 4.67. The smallest absolute Gasteiger partial charge is 0.252 e. The number of hydrogen-bond donors (Lipinski definition) is 1. The van der Waals surface area contributed by atoms with Gasteiger partial charge in [0.1, 0.15) is 5.75 Å². The van der Waals surface area contributed by atoms with Gasteiger partial charge in [-0.3, -0.25) is 9.78 Å². The van der Waals surface area contributed by atoms with Crippen molar-refractivity contribution >= 4 is 16.8 Å². The normalized spacial score (nSPS) is 12.2. The van der Waals surface area contributed by atoms with Crippen molar-refractivity contribution in [3.05, 3.63) is 71.4 Å². The lowest BCUT2D eigenvalue weighted by Gasteiger charge is -2.26. The number of likely N-dealkylation sites (N-methyl/N-ethyl adjacent to an activating group) is 1. The number of carbonyl (C=O) groups excluding carboxylic acids is 1. The number of nitrogens with one attached hydrogen (secondary N) is 1. The Morgan fingerprint density at radius 2 is 1.85 bits per heavy atom. The Morgan fingerprint density at radius 1 is 1.15 bits per heavy atom. The summed E-state index contributed by atoms with van der Waals surface area (Å²) in [5.41, 5.74) is 3.35. The van der Waals surface area contributed by atoms with E-state index in [1.165, 1.54) is 0 Å². The number of fused-ring (bicyclic) bond motifs is 1. The minimum Gasteiger partial charge on any atom is -0.496 e. The Morgan fingerprint density at radius 3 is 2.59 bits per heavy atom. The third kappa shape index (κ3) is 4.09. The molecule has 0 radical (unpaired) electrons. The molecule has 0 aliphatic heterocycles. The molecule has 0 saturated heterocycles. The van der Waals surface area contributed by atoms with Crippen LogP contribution in [-0.2, 0) is 0 Å². The zero-order valence-electron chi connectivity index (χ0n) is 16.2. The van der Waals surface area contributed by atoms with Crippen LogP contribution in [0.5, 0.6) is 5.75 Å². The van der Waals surface area contributed by atoms with Crippen LogP contribution in [0.25, 0.3) is 10.9 Å². The molecule has 0 bridgehead atoms. The second-order valence-corrected chi connectivity index (χ2v) is 6.76. The summed E-state index contributed by atoms with van der Waals surface area (Å²) in [5, 5.41) is 3.95. The Hall–Kier alpha value is -2.92. The molecule has 0 unspecified atom stereocenters. The van der Waals surface area contributed by atoms with Gasteiger partial charge in [-0.05, 0) is 39.2 Å². The minimum absolute atomic E-state index is 0.000650. The highest BCUT2D eigenvalue weighted by molar-refractivity contribution is 6.06. The number of methoxy groups -OCH3 is 1. The molecule has 2 aromatic carbocycles. The van der Waals surface area contributed by atoms with E-state index in [4.69, 9.17) is 4.74 Å². The lowest BCUT2D eigenvalue weighted by atomic mass is 10.0. The maximum atomic E-state index is 12.9. The second kappa shape index (κ2) is 8.18. The van der Waals surface area contributed by atoms with E-state index in [0.29, 0.717) is 12.1 Å². The highest BCUT2D eigenvalue weighted by atomic mass is 16.5. The molecule has 0 spiro atoms. The third-order valence-electron chi connectivity index (χ3n) is 4.67. The monoisotopic (exact) mass is 363 g/mol. The number of amides is 1. The van der Waals surface area contributed by atoms with E-state index < -0.39 is 0 Å². The van der Waals surface area contributed by atoms with Gasteiger partial charge in [0, 0.05) is 23.2 Å². The summed E-state index contributed by atoms with van der Waals surface area (Å²) < 4.78 is 5.49. The van der Waals surface area contributed by atoms with Gasteiger partial charge in [0.15, 0.2) is 0 Å². The largest absolute Gasteiger partial charge is 0.496 e. The Balaban J connectivity index is 1.86. The van der Waals surface area contributed by atoms with Gasteiger partial charge in [-0.1, -0.05) is 36.4 Å². The quantitative estimate of drug-likeness (QED) is 0.727. The number of para-hydroxylation sites is 2. The zero-order chi connectivity index (χ0) is 19.4. The van der Waals surface area contributed by atoms with Crippen LogP contribution in [0.3, 0.4) is 0 Å². The number of benzene rings is 2. The number of aromatic nitrogens is 1. The molecule has 5 heteroatoms. The molecule has 140 valence electrons. The molecule has 1 heterocycles. The lowest BCUT2D eigenvalue weighted by molar-refractivity contribution is 0.0943. The van der Waals surface area contributed by atoms with Crippen molar-refractivity contribution < 1.29 is 9.53 Å². The van der Waals surface area contributed by atoms with Gasteiger partial charge >= 0.3 is 0 Å². The molecular weight excluding hydrogens is 338 g/mol. The highest BCUT2D eigenvalue weighted by Gasteiger charge is 2.20. The van der Waals surface area contributed by atoms with Gasteiger partial charge in [-0.25, -0.2) is 0 Å². The Bertz CT molecular complexity index is 953. The minimum atomic E-state index is -0.0987. The molecular formula is C22H25N3O2. The molecule has 1 atom stereocenters. The summed E-state index contributed by atoms with van der Waals surface area (Å²) in [4.78, 5) is 19.5. The summed E-state index contributed by atoms with van der Waals surface area (Å²) >= 11 is 0. The van der Waals surface area contributed by atoms with Gasteiger partial charge in [0.25, 0.3) is 5.91 Å². The SMILES string of the molecule is COc1ccccc1[C@H](CNC(=O)c1cc(C)nc2ccccc12)N(C)C. The van der Waals surface area contributed by atoms with Gasteiger partial charge < -0.3 is 15.0 Å². The summed E-state index contributed by atoms with van der Waals surface area (Å²) in [6.45, 7) is 2.38. The van der Waals surface area contributed by atoms with Crippen LogP contribution in [-0.4, -0.2) is 43.5 Å². The summed E-state index contributed by atoms with van der Waals surface area (Å²) in [6.07, 6.45) is 0. The molecule has 3 rings (SSSR count). The molecule has 0 fully saturated rings. The Kier molecular flexibility index (Phi) is 5.72. The fourth-order valence-corrected chi connectivity index (χ4v) is 3.29. The molecule has 0 saturated carbocycles. The van der Waals surface area contributed by atoms with Crippen molar-refractivity contribution in [2.75, 3.05) is 27.7 Å². The maximum Gasteiger partial charge on any atom is 0.252 e. The van der Waals surface area contributed by atoms with Gasteiger partial charge in [-0.15, -0.1) is 0 Å². The van der Waals surface area contributed by atoms with E-state index in [1.54, 1.807) is 7.11 Å². The fraction of sp³-hybridized carbons (Fsp3) is 0.273. The molecule has 0 aliphatic rings. The van der Waals surface area contributed by atoms with Gasteiger partial charge in [-0.2, -0.15) is 0 Å². The number of hydrogen-bond acceptors (Lipinski definition) is 4. The van der Waals surface area contributed by atoms with E-state index in [-0.39, 0.29) is 11.9 Å². The van der Waals surface area contributed by atoms with Crippen LogP contribution in [0.15, 0.2) is 54.6 Å². The van der Waals surface area contributed by atoms with E-state index in [9.17, 15) is 4.79 Å². The average Bonchev–Trinajstić information content (AvgIpc) is 2.67. The molecule has 27 heavy (non-hydrogen) atoms. The molecule has 5 nitrogen and oxygen atoms in total. The first kappa shape index (κ1) is 18.9. The number of rotatable bonds is 6. The van der Waals surface area contributed by atoms with E-state index in [0.717, 1.165) is 27.9 Å². The molecule has 0 aliphatic carbocycles. The number of carbonyl (C=O) groups is 1. The van der Waals surface area contributed by atoms with Crippen LogP contribution in [0.1, 0.15) is 27.7 Å². The standard InChI is InChI=1S/C22H25N3O2/c1-15-13-18(16-9-5-7-11-19(16)24-15)22(26)23-14-20(25(2)3)17-10-6-8-12-21(17)27-4/h5-13,20H,14H2,1-4H3,(H,23,26)/t20-/m0/s1. The molecule has 1 aromatic heterocycles. The first-order valence-electron chi connectivity index (χ1n) is 8.95. The lowest BCUT2D eigenvalue weighted by Crippen LogP contribution is -2.34. The van der Waals surface area contributed by atoms with Crippen LogP contribution in [0.2, 0.25) is 0 Å².